The van der Waals surface area contributed by atoms with E-state index in [-0.39, 0.29) is 0 Å². The number of benzene rings is 1. The summed E-state index contributed by atoms with van der Waals surface area (Å²) < 4.78 is 0. The predicted molar refractivity (Wildman–Crippen MR) is 48.8 cm³/mol. The van der Waals surface area contributed by atoms with Crippen LogP contribution in [-0.4, -0.2) is 4.98 Å². The third-order valence-electron chi connectivity index (χ3n) is 2.51. The zero-order valence-electron chi connectivity index (χ0n) is 6.72. The Bertz CT molecular complexity index is 428. The molecule has 0 unspecified atom stereocenters. The Morgan fingerprint density at radius 2 is 2.00 bits per heavy atom. The quantitative estimate of drug-likeness (QED) is 0.601. The number of para-hydroxylation sites is 1. The van der Waals surface area contributed by atoms with E-state index in [1.54, 1.807) is 0 Å². The maximum atomic E-state index is 3.41. The molecular formula is C10H10N2. The summed E-state index contributed by atoms with van der Waals surface area (Å²) in [7, 11) is 0. The Kier molecular flexibility index (Phi) is 1.10. The van der Waals surface area contributed by atoms with Crippen LogP contribution in [0, 0.1) is 0 Å². The Morgan fingerprint density at radius 3 is 3.00 bits per heavy atom. The summed E-state index contributed by atoms with van der Waals surface area (Å²) in [6.45, 7) is 2.00. The van der Waals surface area contributed by atoms with Crippen LogP contribution in [0.2, 0.25) is 0 Å². The molecule has 2 N–H and O–H groups in total. The van der Waals surface area contributed by atoms with E-state index in [9.17, 15) is 0 Å². The zero-order valence-corrected chi connectivity index (χ0v) is 6.72. The monoisotopic (exact) mass is 158 g/mol. The summed E-state index contributed by atoms with van der Waals surface area (Å²) in [5, 5.41) is 4.70. The van der Waals surface area contributed by atoms with Crippen LogP contribution in [0.15, 0.2) is 24.3 Å². The third-order valence-corrected chi connectivity index (χ3v) is 2.51. The van der Waals surface area contributed by atoms with E-state index in [0.717, 1.165) is 13.1 Å². The van der Waals surface area contributed by atoms with Gasteiger partial charge in [0, 0.05) is 29.7 Å². The predicted octanol–water partition coefficient (Wildman–Crippen LogP) is 1.77. The maximum Gasteiger partial charge on any atom is 0.0459 e. The summed E-state index contributed by atoms with van der Waals surface area (Å²) in [4.78, 5) is 3.41. The van der Waals surface area contributed by atoms with Crippen LogP contribution in [-0.2, 0) is 13.1 Å². The lowest BCUT2D eigenvalue weighted by Gasteiger charge is -1.92. The lowest BCUT2D eigenvalue weighted by molar-refractivity contribution is 0.757. The van der Waals surface area contributed by atoms with Gasteiger partial charge in [-0.2, -0.15) is 0 Å². The number of fused-ring (bicyclic) bond motifs is 3. The standard InChI is InChI=1S/C10H10N2/c1-2-4-9-7(3-1)8-5-11-6-10(8)12-9/h1-4,11-12H,5-6H2. The molecule has 0 spiro atoms. The molecule has 0 bridgehead atoms. The van der Waals surface area contributed by atoms with Crippen molar-refractivity contribution in [3.8, 4) is 0 Å². The molecule has 0 aliphatic carbocycles. The number of hydrogen-bond donors (Lipinski definition) is 2. The van der Waals surface area contributed by atoms with Gasteiger partial charge < -0.3 is 10.3 Å². The molecule has 60 valence electrons. The summed E-state index contributed by atoms with van der Waals surface area (Å²) in [6, 6.07) is 8.47. The van der Waals surface area contributed by atoms with E-state index in [1.165, 1.54) is 22.2 Å². The van der Waals surface area contributed by atoms with Crippen LogP contribution >= 0.6 is 0 Å². The molecule has 0 saturated carbocycles. The second-order valence-electron chi connectivity index (χ2n) is 3.23. The molecule has 2 aromatic rings. The Morgan fingerprint density at radius 1 is 1.08 bits per heavy atom. The molecule has 2 nitrogen and oxygen atoms in total. The Labute approximate surface area is 70.6 Å². The van der Waals surface area contributed by atoms with Crippen LogP contribution in [0.1, 0.15) is 11.3 Å². The fourth-order valence-electron chi connectivity index (χ4n) is 1.92. The highest BCUT2D eigenvalue weighted by Gasteiger charge is 2.14. The van der Waals surface area contributed by atoms with Crippen molar-refractivity contribution in [1.29, 1.82) is 0 Å². The second-order valence-corrected chi connectivity index (χ2v) is 3.23. The SMILES string of the molecule is c1ccc2c3c([nH]c2c1)CNC3. The van der Waals surface area contributed by atoms with Crippen molar-refractivity contribution in [2.75, 3.05) is 0 Å². The van der Waals surface area contributed by atoms with Crippen molar-refractivity contribution in [1.82, 2.24) is 10.3 Å². The molecule has 1 aromatic heterocycles. The van der Waals surface area contributed by atoms with Gasteiger partial charge in [0.1, 0.15) is 0 Å². The molecule has 0 amide bonds. The van der Waals surface area contributed by atoms with E-state index in [1.807, 2.05) is 0 Å². The number of hydrogen-bond acceptors (Lipinski definition) is 1. The normalized spacial score (nSPS) is 15.3. The van der Waals surface area contributed by atoms with E-state index in [0.29, 0.717) is 0 Å². The van der Waals surface area contributed by atoms with Crippen molar-refractivity contribution in [3.05, 3.63) is 35.5 Å². The minimum Gasteiger partial charge on any atom is -0.357 e. The van der Waals surface area contributed by atoms with Crippen LogP contribution < -0.4 is 5.32 Å². The van der Waals surface area contributed by atoms with Crippen molar-refractivity contribution in [2.45, 2.75) is 13.1 Å². The number of rotatable bonds is 0. The lowest BCUT2D eigenvalue weighted by atomic mass is 10.1. The van der Waals surface area contributed by atoms with Gasteiger partial charge in [-0.15, -0.1) is 0 Å². The molecule has 3 rings (SSSR count). The van der Waals surface area contributed by atoms with Crippen molar-refractivity contribution in [3.63, 3.8) is 0 Å². The summed E-state index contributed by atoms with van der Waals surface area (Å²) in [6.07, 6.45) is 0. The van der Waals surface area contributed by atoms with Crippen LogP contribution in [0.4, 0.5) is 0 Å². The first kappa shape index (κ1) is 6.26. The topological polar surface area (TPSA) is 27.8 Å². The molecule has 1 aliphatic heterocycles. The third kappa shape index (κ3) is 0.676. The summed E-state index contributed by atoms with van der Waals surface area (Å²) >= 11 is 0. The Hall–Kier alpha value is -1.28. The smallest absolute Gasteiger partial charge is 0.0459 e. The van der Waals surface area contributed by atoms with Gasteiger partial charge in [-0.05, 0) is 11.6 Å². The van der Waals surface area contributed by atoms with Crippen LogP contribution in [0.25, 0.3) is 10.9 Å². The highest BCUT2D eigenvalue weighted by Crippen LogP contribution is 2.25. The van der Waals surface area contributed by atoms with E-state index >= 15 is 0 Å². The number of nitrogens with one attached hydrogen (secondary N) is 2. The number of aromatic amines is 1. The van der Waals surface area contributed by atoms with Gasteiger partial charge >= 0.3 is 0 Å². The fraction of sp³-hybridized carbons (Fsp3) is 0.200. The van der Waals surface area contributed by atoms with Crippen molar-refractivity contribution in [2.24, 2.45) is 0 Å². The molecule has 0 radical (unpaired) electrons. The highest BCUT2D eigenvalue weighted by molar-refractivity contribution is 5.84. The average Bonchev–Trinajstić information content (AvgIpc) is 2.62. The molecule has 1 aliphatic rings. The highest BCUT2D eigenvalue weighted by atomic mass is 14.9. The van der Waals surface area contributed by atoms with Crippen molar-refractivity contribution >= 4 is 10.9 Å². The largest absolute Gasteiger partial charge is 0.357 e. The molecule has 1 aromatic carbocycles. The van der Waals surface area contributed by atoms with Crippen molar-refractivity contribution < 1.29 is 0 Å². The first-order valence-corrected chi connectivity index (χ1v) is 4.24. The lowest BCUT2D eigenvalue weighted by Crippen LogP contribution is -2.01. The van der Waals surface area contributed by atoms with E-state index in [2.05, 4.69) is 34.6 Å². The zero-order chi connectivity index (χ0) is 7.97. The average molecular weight is 158 g/mol. The number of aromatic nitrogens is 1. The maximum absolute atomic E-state index is 3.41. The molecule has 12 heavy (non-hydrogen) atoms. The van der Waals surface area contributed by atoms with Gasteiger partial charge in [0.05, 0.1) is 0 Å². The fourth-order valence-corrected chi connectivity index (χ4v) is 1.92. The molecule has 2 heteroatoms. The molecule has 0 saturated heterocycles. The van der Waals surface area contributed by atoms with E-state index < -0.39 is 0 Å². The molecule has 0 atom stereocenters. The summed E-state index contributed by atoms with van der Waals surface area (Å²) in [5.41, 5.74) is 4.07. The van der Waals surface area contributed by atoms with Gasteiger partial charge in [0.25, 0.3) is 0 Å². The molecule has 2 heterocycles. The van der Waals surface area contributed by atoms with Gasteiger partial charge in [-0.1, -0.05) is 18.2 Å². The van der Waals surface area contributed by atoms with E-state index in [4.69, 9.17) is 0 Å². The second kappa shape index (κ2) is 2.11. The van der Waals surface area contributed by atoms with Gasteiger partial charge in [0.15, 0.2) is 0 Å². The summed E-state index contributed by atoms with van der Waals surface area (Å²) in [5.74, 6) is 0. The Balaban J connectivity index is 2.44. The minimum absolute atomic E-state index is 0.990. The van der Waals surface area contributed by atoms with Gasteiger partial charge in [-0.25, -0.2) is 0 Å². The van der Waals surface area contributed by atoms with Gasteiger partial charge in [-0.3, -0.25) is 0 Å². The first-order chi connectivity index (χ1) is 5.95. The molecular weight excluding hydrogens is 148 g/mol. The first-order valence-electron chi connectivity index (χ1n) is 4.24. The number of H-pyrrole nitrogens is 1. The minimum atomic E-state index is 0.990. The van der Waals surface area contributed by atoms with Crippen LogP contribution in [0.5, 0.6) is 0 Å². The van der Waals surface area contributed by atoms with Gasteiger partial charge in [0.2, 0.25) is 0 Å². The van der Waals surface area contributed by atoms with Crippen LogP contribution in [0.3, 0.4) is 0 Å². The molecule has 0 fully saturated rings.